The molecule has 0 bridgehead atoms. The summed E-state index contributed by atoms with van der Waals surface area (Å²) in [7, 11) is 1.41. The van der Waals surface area contributed by atoms with E-state index in [0.29, 0.717) is 17.4 Å². The standard InChI is InChI=1S/C14H19N3O2/c1-19-14(18)11-8-9-4-6-15-7-5-12(9)17-13(11)16-10-2-3-10/h8,10,15H,2-7H2,1H3,(H,16,17). The Morgan fingerprint density at radius 1 is 1.42 bits per heavy atom. The molecule has 1 aromatic heterocycles. The van der Waals surface area contributed by atoms with E-state index in [9.17, 15) is 4.79 Å². The van der Waals surface area contributed by atoms with Crippen LogP contribution in [0.5, 0.6) is 0 Å². The molecule has 0 saturated heterocycles. The molecule has 3 rings (SSSR count). The third kappa shape index (κ3) is 2.71. The van der Waals surface area contributed by atoms with Crippen LogP contribution >= 0.6 is 0 Å². The van der Waals surface area contributed by atoms with Crippen LogP contribution in [0.15, 0.2) is 6.07 Å². The Bertz CT molecular complexity index is 498. The van der Waals surface area contributed by atoms with Crippen LogP contribution in [-0.2, 0) is 17.6 Å². The van der Waals surface area contributed by atoms with E-state index in [-0.39, 0.29) is 5.97 Å². The molecule has 1 aliphatic heterocycles. The first kappa shape index (κ1) is 12.4. The largest absolute Gasteiger partial charge is 0.465 e. The minimum atomic E-state index is -0.310. The van der Waals surface area contributed by atoms with Crippen molar-refractivity contribution in [3.8, 4) is 0 Å². The SMILES string of the molecule is COC(=O)c1cc2c(nc1NC1CC1)CCNCC2. The van der Waals surface area contributed by atoms with E-state index in [1.165, 1.54) is 7.11 Å². The molecular formula is C14H19N3O2. The zero-order valence-electron chi connectivity index (χ0n) is 11.2. The molecule has 5 nitrogen and oxygen atoms in total. The van der Waals surface area contributed by atoms with E-state index in [0.717, 1.165) is 50.0 Å². The molecule has 1 fully saturated rings. The summed E-state index contributed by atoms with van der Waals surface area (Å²) in [6.07, 6.45) is 4.13. The summed E-state index contributed by atoms with van der Waals surface area (Å²) in [6, 6.07) is 2.42. The molecular weight excluding hydrogens is 242 g/mol. The highest BCUT2D eigenvalue weighted by molar-refractivity contribution is 5.95. The van der Waals surface area contributed by atoms with Crippen LogP contribution in [0.4, 0.5) is 5.82 Å². The maximum absolute atomic E-state index is 11.9. The van der Waals surface area contributed by atoms with Gasteiger partial charge < -0.3 is 15.4 Å². The van der Waals surface area contributed by atoms with Crippen molar-refractivity contribution in [1.82, 2.24) is 10.3 Å². The Labute approximate surface area is 112 Å². The fourth-order valence-electron chi connectivity index (χ4n) is 2.38. The summed E-state index contributed by atoms with van der Waals surface area (Å²) in [5, 5.41) is 6.69. The Kier molecular flexibility index (Phi) is 3.38. The van der Waals surface area contributed by atoms with E-state index >= 15 is 0 Å². The molecule has 0 unspecified atom stereocenters. The Balaban J connectivity index is 1.98. The number of fused-ring (bicyclic) bond motifs is 1. The second-order valence-corrected chi connectivity index (χ2v) is 5.15. The molecule has 1 saturated carbocycles. The number of methoxy groups -OCH3 is 1. The van der Waals surface area contributed by atoms with Gasteiger partial charge in [-0.25, -0.2) is 9.78 Å². The lowest BCUT2D eigenvalue weighted by atomic mass is 10.1. The predicted molar refractivity (Wildman–Crippen MR) is 72.5 cm³/mol. The molecule has 1 aromatic rings. The van der Waals surface area contributed by atoms with Gasteiger partial charge >= 0.3 is 5.97 Å². The van der Waals surface area contributed by atoms with Gasteiger partial charge in [-0.2, -0.15) is 0 Å². The summed E-state index contributed by atoms with van der Waals surface area (Å²) in [4.78, 5) is 16.6. The van der Waals surface area contributed by atoms with Gasteiger partial charge in [-0.15, -0.1) is 0 Å². The predicted octanol–water partition coefficient (Wildman–Crippen LogP) is 1.13. The number of nitrogens with zero attached hydrogens (tertiary/aromatic N) is 1. The Hall–Kier alpha value is -1.62. The van der Waals surface area contributed by atoms with Gasteiger partial charge in [0.15, 0.2) is 0 Å². The quantitative estimate of drug-likeness (QED) is 0.799. The summed E-state index contributed by atoms with van der Waals surface area (Å²) < 4.78 is 4.87. The first-order chi connectivity index (χ1) is 9.28. The first-order valence-corrected chi connectivity index (χ1v) is 6.86. The van der Waals surface area contributed by atoms with Crippen LogP contribution in [0.1, 0.15) is 34.5 Å². The average Bonchev–Trinajstić information content (AvgIpc) is 3.24. The van der Waals surface area contributed by atoms with Gasteiger partial charge in [-0.3, -0.25) is 0 Å². The third-order valence-electron chi connectivity index (χ3n) is 3.62. The topological polar surface area (TPSA) is 63.2 Å². The van der Waals surface area contributed by atoms with Gasteiger partial charge in [0.05, 0.1) is 7.11 Å². The fourth-order valence-corrected chi connectivity index (χ4v) is 2.38. The second kappa shape index (κ2) is 5.17. The molecule has 2 aliphatic rings. The molecule has 0 aromatic carbocycles. The van der Waals surface area contributed by atoms with Crippen molar-refractivity contribution < 1.29 is 9.53 Å². The number of esters is 1. The maximum Gasteiger partial charge on any atom is 0.341 e. The van der Waals surface area contributed by atoms with E-state index in [1.54, 1.807) is 0 Å². The lowest BCUT2D eigenvalue weighted by Crippen LogP contribution is -2.16. The molecule has 0 atom stereocenters. The normalized spacial score (nSPS) is 18.4. The molecule has 0 amide bonds. The Morgan fingerprint density at radius 3 is 2.95 bits per heavy atom. The van der Waals surface area contributed by atoms with E-state index in [1.807, 2.05) is 6.07 Å². The zero-order chi connectivity index (χ0) is 13.2. The fraction of sp³-hybridized carbons (Fsp3) is 0.571. The van der Waals surface area contributed by atoms with Gasteiger partial charge in [-0.1, -0.05) is 0 Å². The molecule has 1 aliphatic carbocycles. The van der Waals surface area contributed by atoms with Crippen LogP contribution in [-0.4, -0.2) is 37.2 Å². The van der Waals surface area contributed by atoms with Crippen LogP contribution in [0.2, 0.25) is 0 Å². The second-order valence-electron chi connectivity index (χ2n) is 5.15. The molecule has 2 N–H and O–H groups in total. The van der Waals surface area contributed by atoms with Crippen molar-refractivity contribution in [1.29, 1.82) is 0 Å². The number of carbonyl (C=O) groups is 1. The lowest BCUT2D eigenvalue weighted by Gasteiger charge is -2.13. The number of hydrogen-bond donors (Lipinski definition) is 2. The van der Waals surface area contributed by atoms with Crippen molar-refractivity contribution in [3.05, 3.63) is 22.9 Å². The number of anilines is 1. The average molecular weight is 261 g/mol. The smallest absolute Gasteiger partial charge is 0.341 e. The molecule has 0 spiro atoms. The van der Waals surface area contributed by atoms with Crippen LogP contribution in [0, 0.1) is 0 Å². The van der Waals surface area contributed by atoms with Gasteiger partial charge in [0.2, 0.25) is 0 Å². The minimum Gasteiger partial charge on any atom is -0.465 e. The zero-order valence-corrected chi connectivity index (χ0v) is 11.2. The number of rotatable bonds is 3. The number of ether oxygens (including phenoxy) is 1. The van der Waals surface area contributed by atoms with Gasteiger partial charge in [0.25, 0.3) is 0 Å². The highest BCUT2D eigenvalue weighted by atomic mass is 16.5. The van der Waals surface area contributed by atoms with Crippen molar-refractivity contribution in [3.63, 3.8) is 0 Å². The van der Waals surface area contributed by atoms with Gasteiger partial charge in [0.1, 0.15) is 11.4 Å². The highest BCUT2D eigenvalue weighted by Crippen LogP contribution is 2.27. The van der Waals surface area contributed by atoms with Gasteiger partial charge in [0, 0.05) is 24.7 Å². The molecule has 5 heteroatoms. The number of hydrogen-bond acceptors (Lipinski definition) is 5. The minimum absolute atomic E-state index is 0.310. The summed E-state index contributed by atoms with van der Waals surface area (Å²) in [5.74, 6) is 0.380. The van der Waals surface area contributed by atoms with Crippen LogP contribution < -0.4 is 10.6 Å². The molecule has 102 valence electrons. The first-order valence-electron chi connectivity index (χ1n) is 6.86. The van der Waals surface area contributed by atoms with Crippen LogP contribution in [0.25, 0.3) is 0 Å². The molecule has 0 radical (unpaired) electrons. The van der Waals surface area contributed by atoms with Crippen molar-refractivity contribution in [2.45, 2.75) is 31.7 Å². The van der Waals surface area contributed by atoms with Crippen molar-refractivity contribution in [2.75, 3.05) is 25.5 Å². The van der Waals surface area contributed by atoms with Crippen molar-refractivity contribution in [2.24, 2.45) is 0 Å². The van der Waals surface area contributed by atoms with Crippen molar-refractivity contribution >= 4 is 11.8 Å². The summed E-state index contributed by atoms with van der Waals surface area (Å²) in [5.41, 5.74) is 2.82. The van der Waals surface area contributed by atoms with E-state index in [2.05, 4.69) is 15.6 Å². The van der Waals surface area contributed by atoms with Gasteiger partial charge in [-0.05, 0) is 37.4 Å². The molecule has 19 heavy (non-hydrogen) atoms. The Morgan fingerprint density at radius 2 is 2.21 bits per heavy atom. The number of nitrogens with one attached hydrogen (secondary N) is 2. The third-order valence-corrected chi connectivity index (χ3v) is 3.62. The van der Waals surface area contributed by atoms with E-state index < -0.39 is 0 Å². The van der Waals surface area contributed by atoms with E-state index in [4.69, 9.17) is 4.74 Å². The van der Waals surface area contributed by atoms with Crippen LogP contribution in [0.3, 0.4) is 0 Å². The summed E-state index contributed by atoms with van der Waals surface area (Å²) in [6.45, 7) is 1.88. The molecule has 2 heterocycles. The highest BCUT2D eigenvalue weighted by Gasteiger charge is 2.26. The lowest BCUT2D eigenvalue weighted by molar-refractivity contribution is 0.0601. The summed E-state index contributed by atoms with van der Waals surface area (Å²) >= 11 is 0. The number of pyridine rings is 1. The number of carbonyl (C=O) groups excluding carboxylic acids is 1. The number of aromatic nitrogens is 1. The monoisotopic (exact) mass is 261 g/mol. The maximum atomic E-state index is 11.9.